The molecule has 0 radical (unpaired) electrons. The van der Waals surface area contributed by atoms with Gasteiger partial charge in [-0.15, -0.1) is 0 Å². The SMILES string of the molecule is Cc1ccc(N)c(OCc2ccc(C(C)C)cc2)c1. The number of anilines is 1. The van der Waals surface area contributed by atoms with Crippen LogP contribution in [-0.4, -0.2) is 0 Å². The van der Waals surface area contributed by atoms with Crippen molar-refractivity contribution in [2.45, 2.75) is 33.3 Å². The maximum atomic E-state index is 5.89. The molecule has 2 N–H and O–H groups in total. The number of ether oxygens (including phenoxy) is 1. The van der Waals surface area contributed by atoms with Gasteiger partial charge in [-0.2, -0.15) is 0 Å². The fourth-order valence-electron chi connectivity index (χ4n) is 1.93. The van der Waals surface area contributed by atoms with Crippen LogP contribution >= 0.6 is 0 Å². The van der Waals surface area contributed by atoms with Crippen molar-refractivity contribution < 1.29 is 4.74 Å². The predicted octanol–water partition coefficient (Wildman–Crippen LogP) is 4.28. The van der Waals surface area contributed by atoms with E-state index in [1.54, 1.807) is 0 Å². The fraction of sp³-hybridized carbons (Fsp3) is 0.294. The van der Waals surface area contributed by atoms with Crippen LogP contribution in [0.5, 0.6) is 5.75 Å². The van der Waals surface area contributed by atoms with Crippen LogP contribution in [0.3, 0.4) is 0 Å². The second kappa shape index (κ2) is 5.79. The van der Waals surface area contributed by atoms with Crippen LogP contribution in [0.2, 0.25) is 0 Å². The molecule has 2 heteroatoms. The van der Waals surface area contributed by atoms with E-state index in [9.17, 15) is 0 Å². The Hall–Kier alpha value is -1.96. The maximum absolute atomic E-state index is 5.89. The van der Waals surface area contributed by atoms with Crippen LogP contribution < -0.4 is 10.5 Å². The van der Waals surface area contributed by atoms with E-state index in [0.29, 0.717) is 18.2 Å². The molecule has 0 saturated heterocycles. The minimum Gasteiger partial charge on any atom is -0.487 e. The van der Waals surface area contributed by atoms with Crippen LogP contribution in [0, 0.1) is 6.92 Å². The summed E-state index contributed by atoms with van der Waals surface area (Å²) in [7, 11) is 0. The molecule has 0 aromatic heterocycles. The Labute approximate surface area is 115 Å². The van der Waals surface area contributed by atoms with Crippen LogP contribution in [0.1, 0.15) is 36.5 Å². The summed E-state index contributed by atoms with van der Waals surface area (Å²) in [5, 5.41) is 0. The second-order valence-corrected chi connectivity index (χ2v) is 5.23. The molecule has 0 atom stereocenters. The predicted molar refractivity (Wildman–Crippen MR) is 80.5 cm³/mol. The van der Waals surface area contributed by atoms with Crippen molar-refractivity contribution in [3.8, 4) is 5.75 Å². The summed E-state index contributed by atoms with van der Waals surface area (Å²) in [6.07, 6.45) is 0. The van der Waals surface area contributed by atoms with Crippen molar-refractivity contribution >= 4 is 5.69 Å². The van der Waals surface area contributed by atoms with Gasteiger partial charge in [0.05, 0.1) is 5.69 Å². The molecular weight excluding hydrogens is 234 g/mol. The number of rotatable bonds is 4. The lowest BCUT2D eigenvalue weighted by Gasteiger charge is -2.11. The van der Waals surface area contributed by atoms with Gasteiger partial charge in [0.2, 0.25) is 0 Å². The Morgan fingerprint density at radius 1 is 1.05 bits per heavy atom. The van der Waals surface area contributed by atoms with E-state index in [1.807, 2.05) is 25.1 Å². The molecule has 0 aliphatic rings. The Kier molecular flexibility index (Phi) is 4.10. The highest BCUT2D eigenvalue weighted by atomic mass is 16.5. The van der Waals surface area contributed by atoms with E-state index in [0.717, 1.165) is 16.9 Å². The first-order valence-corrected chi connectivity index (χ1v) is 6.64. The average Bonchev–Trinajstić information content (AvgIpc) is 2.40. The number of benzene rings is 2. The van der Waals surface area contributed by atoms with Crippen molar-refractivity contribution in [1.29, 1.82) is 0 Å². The number of nitrogens with two attached hydrogens (primary N) is 1. The number of hydrogen-bond acceptors (Lipinski definition) is 2. The summed E-state index contributed by atoms with van der Waals surface area (Å²) in [5.41, 5.74) is 10.2. The summed E-state index contributed by atoms with van der Waals surface area (Å²) in [6.45, 7) is 6.97. The molecule has 0 amide bonds. The van der Waals surface area contributed by atoms with Crippen LogP contribution in [0.4, 0.5) is 5.69 Å². The maximum Gasteiger partial charge on any atom is 0.142 e. The highest BCUT2D eigenvalue weighted by Crippen LogP contribution is 2.23. The lowest BCUT2D eigenvalue weighted by Crippen LogP contribution is -1.99. The van der Waals surface area contributed by atoms with Gasteiger partial charge in [-0.3, -0.25) is 0 Å². The van der Waals surface area contributed by atoms with Crippen molar-refractivity contribution in [3.63, 3.8) is 0 Å². The third-order valence-corrected chi connectivity index (χ3v) is 3.21. The summed E-state index contributed by atoms with van der Waals surface area (Å²) < 4.78 is 5.78. The van der Waals surface area contributed by atoms with Crippen molar-refractivity contribution in [1.82, 2.24) is 0 Å². The van der Waals surface area contributed by atoms with E-state index in [-0.39, 0.29) is 0 Å². The number of aryl methyl sites for hydroxylation is 1. The van der Waals surface area contributed by atoms with Gasteiger partial charge in [-0.1, -0.05) is 44.2 Å². The molecule has 0 aliphatic heterocycles. The molecule has 100 valence electrons. The van der Waals surface area contributed by atoms with E-state index in [2.05, 4.69) is 38.1 Å². The Morgan fingerprint density at radius 2 is 1.74 bits per heavy atom. The highest BCUT2D eigenvalue weighted by molar-refractivity contribution is 5.53. The molecule has 2 aromatic rings. The first-order chi connectivity index (χ1) is 9.06. The Morgan fingerprint density at radius 3 is 2.37 bits per heavy atom. The molecule has 0 heterocycles. The van der Waals surface area contributed by atoms with Gasteiger partial charge in [-0.25, -0.2) is 0 Å². The fourth-order valence-corrected chi connectivity index (χ4v) is 1.93. The smallest absolute Gasteiger partial charge is 0.142 e. The van der Waals surface area contributed by atoms with Crippen molar-refractivity contribution in [3.05, 3.63) is 59.2 Å². The first kappa shape index (κ1) is 13.5. The lowest BCUT2D eigenvalue weighted by atomic mass is 10.0. The molecule has 19 heavy (non-hydrogen) atoms. The van der Waals surface area contributed by atoms with Gasteiger partial charge in [0, 0.05) is 0 Å². The van der Waals surface area contributed by atoms with Crippen LogP contribution in [0.15, 0.2) is 42.5 Å². The van der Waals surface area contributed by atoms with Gasteiger partial charge in [0.25, 0.3) is 0 Å². The van der Waals surface area contributed by atoms with Gasteiger partial charge >= 0.3 is 0 Å². The molecule has 0 bridgehead atoms. The molecule has 0 saturated carbocycles. The standard InChI is InChI=1S/C17H21NO/c1-12(2)15-7-5-14(6-8-15)11-19-17-10-13(3)4-9-16(17)18/h4-10,12H,11,18H2,1-3H3. The van der Waals surface area contributed by atoms with Gasteiger partial charge in [-0.05, 0) is 41.7 Å². The quantitative estimate of drug-likeness (QED) is 0.828. The normalized spacial score (nSPS) is 10.7. The van der Waals surface area contributed by atoms with Gasteiger partial charge in [0.15, 0.2) is 0 Å². The number of hydrogen-bond donors (Lipinski definition) is 1. The van der Waals surface area contributed by atoms with Crippen LogP contribution in [0.25, 0.3) is 0 Å². The Balaban J connectivity index is 2.04. The summed E-state index contributed by atoms with van der Waals surface area (Å²) in [4.78, 5) is 0. The molecular formula is C17H21NO. The summed E-state index contributed by atoms with van der Waals surface area (Å²) >= 11 is 0. The van der Waals surface area contributed by atoms with Crippen molar-refractivity contribution in [2.75, 3.05) is 5.73 Å². The summed E-state index contributed by atoms with van der Waals surface area (Å²) in [6, 6.07) is 14.4. The third kappa shape index (κ3) is 3.50. The minimum atomic E-state index is 0.548. The molecule has 2 nitrogen and oxygen atoms in total. The lowest BCUT2D eigenvalue weighted by molar-refractivity contribution is 0.307. The zero-order chi connectivity index (χ0) is 13.8. The molecule has 0 unspecified atom stereocenters. The number of nitrogen functional groups attached to an aromatic ring is 1. The summed E-state index contributed by atoms with van der Waals surface area (Å²) in [5.74, 6) is 1.32. The second-order valence-electron chi connectivity index (χ2n) is 5.23. The largest absolute Gasteiger partial charge is 0.487 e. The van der Waals surface area contributed by atoms with E-state index in [4.69, 9.17) is 10.5 Å². The van der Waals surface area contributed by atoms with E-state index >= 15 is 0 Å². The van der Waals surface area contributed by atoms with E-state index < -0.39 is 0 Å². The Bertz CT molecular complexity index is 544. The third-order valence-electron chi connectivity index (χ3n) is 3.21. The molecule has 0 aliphatic carbocycles. The van der Waals surface area contributed by atoms with Gasteiger partial charge in [0.1, 0.15) is 12.4 Å². The van der Waals surface area contributed by atoms with Crippen LogP contribution in [-0.2, 0) is 6.61 Å². The minimum absolute atomic E-state index is 0.548. The zero-order valence-corrected chi connectivity index (χ0v) is 11.8. The average molecular weight is 255 g/mol. The van der Waals surface area contributed by atoms with E-state index in [1.165, 1.54) is 5.56 Å². The zero-order valence-electron chi connectivity index (χ0n) is 11.8. The van der Waals surface area contributed by atoms with Crippen molar-refractivity contribution in [2.24, 2.45) is 0 Å². The highest BCUT2D eigenvalue weighted by Gasteiger charge is 2.02. The molecule has 0 fully saturated rings. The van der Waals surface area contributed by atoms with Gasteiger partial charge < -0.3 is 10.5 Å². The molecule has 2 rings (SSSR count). The topological polar surface area (TPSA) is 35.2 Å². The molecule has 2 aromatic carbocycles. The first-order valence-electron chi connectivity index (χ1n) is 6.64. The molecule has 0 spiro atoms. The monoisotopic (exact) mass is 255 g/mol.